The molecule has 1 heterocycles. The first-order chi connectivity index (χ1) is 15.3. The molecule has 1 aromatic rings. The molecular formula is C21H28Cl2N2O8. The van der Waals surface area contributed by atoms with Gasteiger partial charge in [0.1, 0.15) is 0 Å². The van der Waals surface area contributed by atoms with Crippen LogP contribution in [0, 0.1) is 5.92 Å². The third kappa shape index (κ3) is 8.81. The molecule has 184 valence electrons. The van der Waals surface area contributed by atoms with Crippen molar-refractivity contribution in [1.82, 2.24) is 10.2 Å². The molecule has 1 fully saturated rings. The molecule has 0 aromatic heterocycles. The predicted octanol–water partition coefficient (Wildman–Crippen LogP) is 2.21. The van der Waals surface area contributed by atoms with E-state index in [1.54, 1.807) is 18.2 Å². The Kier molecular flexibility index (Phi) is 11.1. The van der Waals surface area contributed by atoms with E-state index in [1.165, 1.54) is 0 Å². The lowest BCUT2D eigenvalue weighted by atomic mass is 9.96. The van der Waals surface area contributed by atoms with Gasteiger partial charge in [-0.2, -0.15) is 0 Å². The maximum Gasteiger partial charge on any atom is 0.336 e. The summed E-state index contributed by atoms with van der Waals surface area (Å²) in [6.07, 6.45) is -1.31. The van der Waals surface area contributed by atoms with Gasteiger partial charge in [0.2, 0.25) is 0 Å². The van der Waals surface area contributed by atoms with Crippen LogP contribution in [0.1, 0.15) is 43.5 Å². The highest BCUT2D eigenvalue weighted by Gasteiger charge is 2.40. The first-order valence-electron chi connectivity index (χ1n) is 10.1. The molecule has 0 spiro atoms. The van der Waals surface area contributed by atoms with Crippen molar-refractivity contribution in [1.29, 1.82) is 0 Å². The summed E-state index contributed by atoms with van der Waals surface area (Å²) in [5, 5.41) is 37.9. The average Bonchev–Trinajstić information content (AvgIpc) is 3.21. The van der Waals surface area contributed by atoms with Gasteiger partial charge in [-0.05, 0) is 31.0 Å². The van der Waals surface area contributed by atoms with Gasteiger partial charge in [-0.3, -0.25) is 14.4 Å². The van der Waals surface area contributed by atoms with Crippen molar-refractivity contribution in [2.45, 2.75) is 44.8 Å². The zero-order valence-corrected chi connectivity index (χ0v) is 19.8. The van der Waals surface area contributed by atoms with E-state index < -0.39 is 36.4 Å². The molecular weight excluding hydrogens is 479 g/mol. The second-order valence-electron chi connectivity index (χ2n) is 8.08. The highest BCUT2D eigenvalue weighted by molar-refractivity contribution is 6.43. The Bertz CT molecular complexity index is 856. The standard InChI is InChI=1S/C15H20Cl2N2O.C6H8O7/c1-10(2)9-19(11-6-7-18-8-11)15(20)12-4-3-5-13(16)14(12)17;7-3(8)1-6(13,5(11)12)2-4(9)10/h3-5,10-11,18H,6-9H2,1-2H3;13H,1-2H2,(H,7,8)(H,9,10)(H,11,12)/t11-;/m0./s1. The number of carbonyl (C=O) groups is 4. The maximum atomic E-state index is 12.8. The number of carbonyl (C=O) groups excluding carboxylic acids is 1. The summed E-state index contributed by atoms with van der Waals surface area (Å²) in [6, 6.07) is 5.44. The number of benzene rings is 1. The molecule has 1 aliphatic heterocycles. The third-order valence-electron chi connectivity index (χ3n) is 4.77. The molecule has 0 unspecified atom stereocenters. The summed E-state index contributed by atoms with van der Waals surface area (Å²) < 4.78 is 0. The molecule has 1 aromatic carbocycles. The lowest BCUT2D eigenvalue weighted by molar-refractivity contribution is -0.170. The lowest BCUT2D eigenvalue weighted by Gasteiger charge is -2.30. The van der Waals surface area contributed by atoms with Crippen molar-refractivity contribution < 1.29 is 39.6 Å². The van der Waals surface area contributed by atoms with Gasteiger partial charge < -0.3 is 30.6 Å². The Balaban J connectivity index is 0.000000366. The van der Waals surface area contributed by atoms with Crippen molar-refractivity contribution in [3.8, 4) is 0 Å². The van der Waals surface area contributed by atoms with Crippen LogP contribution in [0.5, 0.6) is 0 Å². The van der Waals surface area contributed by atoms with Crippen LogP contribution in [0.25, 0.3) is 0 Å². The van der Waals surface area contributed by atoms with Crippen molar-refractivity contribution in [3.05, 3.63) is 33.8 Å². The maximum absolute atomic E-state index is 12.8. The number of nitrogens with one attached hydrogen (secondary N) is 1. The fourth-order valence-electron chi connectivity index (χ4n) is 3.23. The monoisotopic (exact) mass is 506 g/mol. The summed E-state index contributed by atoms with van der Waals surface area (Å²) in [4.78, 5) is 45.2. The topological polar surface area (TPSA) is 164 Å². The number of aliphatic carboxylic acids is 3. The molecule has 2 rings (SSSR count). The van der Waals surface area contributed by atoms with E-state index in [0.29, 0.717) is 21.5 Å². The lowest BCUT2D eigenvalue weighted by Crippen LogP contribution is -2.43. The second kappa shape index (κ2) is 12.7. The van der Waals surface area contributed by atoms with Gasteiger partial charge in [-0.15, -0.1) is 0 Å². The minimum absolute atomic E-state index is 0.0279. The van der Waals surface area contributed by atoms with Crippen LogP contribution in [0.15, 0.2) is 18.2 Å². The zero-order chi connectivity index (χ0) is 25.3. The number of nitrogens with zero attached hydrogens (tertiary/aromatic N) is 1. The van der Waals surface area contributed by atoms with Crippen LogP contribution in [0.3, 0.4) is 0 Å². The number of aliphatic hydroxyl groups is 1. The molecule has 0 radical (unpaired) electrons. The van der Waals surface area contributed by atoms with Gasteiger partial charge in [0.05, 0.1) is 28.5 Å². The molecule has 5 N–H and O–H groups in total. The molecule has 10 nitrogen and oxygen atoms in total. The van der Waals surface area contributed by atoms with E-state index in [2.05, 4.69) is 19.2 Å². The molecule has 0 saturated carbocycles. The zero-order valence-electron chi connectivity index (χ0n) is 18.3. The molecule has 1 atom stereocenters. The van der Waals surface area contributed by atoms with E-state index in [-0.39, 0.29) is 11.9 Å². The quantitative estimate of drug-likeness (QED) is 0.337. The molecule has 0 aliphatic carbocycles. The van der Waals surface area contributed by atoms with Crippen molar-refractivity contribution in [2.24, 2.45) is 5.92 Å². The summed E-state index contributed by atoms with van der Waals surface area (Å²) in [5.74, 6) is -4.63. The minimum atomic E-state index is -2.74. The van der Waals surface area contributed by atoms with Crippen LogP contribution in [-0.2, 0) is 14.4 Å². The normalized spacial score (nSPS) is 15.5. The first-order valence-corrected chi connectivity index (χ1v) is 10.9. The van der Waals surface area contributed by atoms with E-state index in [4.69, 9.17) is 43.6 Å². The van der Waals surface area contributed by atoms with Crippen molar-refractivity contribution >= 4 is 47.0 Å². The van der Waals surface area contributed by atoms with E-state index in [9.17, 15) is 19.2 Å². The fourth-order valence-corrected chi connectivity index (χ4v) is 3.62. The second-order valence-corrected chi connectivity index (χ2v) is 8.86. The van der Waals surface area contributed by atoms with Crippen LogP contribution >= 0.6 is 23.2 Å². The molecule has 0 bridgehead atoms. The smallest absolute Gasteiger partial charge is 0.336 e. The Morgan fingerprint density at radius 1 is 1.12 bits per heavy atom. The summed E-state index contributed by atoms with van der Waals surface area (Å²) in [6.45, 7) is 6.75. The van der Waals surface area contributed by atoms with Crippen molar-refractivity contribution in [3.63, 3.8) is 0 Å². The molecule has 33 heavy (non-hydrogen) atoms. The third-order valence-corrected chi connectivity index (χ3v) is 5.58. The average molecular weight is 507 g/mol. The minimum Gasteiger partial charge on any atom is -0.481 e. The van der Waals surface area contributed by atoms with Crippen LogP contribution in [0.2, 0.25) is 10.0 Å². The molecule has 1 amide bonds. The Morgan fingerprint density at radius 3 is 2.12 bits per heavy atom. The number of carboxylic acid groups (broad SMARTS) is 3. The number of halogens is 2. The predicted molar refractivity (Wildman–Crippen MR) is 121 cm³/mol. The van der Waals surface area contributed by atoms with Crippen LogP contribution in [0.4, 0.5) is 0 Å². The van der Waals surface area contributed by atoms with Crippen molar-refractivity contribution in [2.75, 3.05) is 19.6 Å². The van der Waals surface area contributed by atoms with E-state index in [0.717, 1.165) is 26.1 Å². The molecule has 1 aliphatic rings. The SMILES string of the molecule is CC(C)CN(C(=O)c1cccc(Cl)c1Cl)[C@H]1CCNC1.O=C(O)CC(O)(CC(=O)O)C(=O)O. The van der Waals surface area contributed by atoms with Gasteiger partial charge in [0.25, 0.3) is 5.91 Å². The van der Waals surface area contributed by atoms with E-state index >= 15 is 0 Å². The molecule has 1 saturated heterocycles. The number of carboxylic acids is 3. The number of rotatable bonds is 9. The van der Waals surface area contributed by atoms with Crippen LogP contribution in [-0.4, -0.2) is 80.4 Å². The van der Waals surface area contributed by atoms with Gasteiger partial charge in [0, 0.05) is 19.1 Å². The molecule has 12 heteroatoms. The Morgan fingerprint density at radius 2 is 1.70 bits per heavy atom. The van der Waals surface area contributed by atoms with Gasteiger partial charge in [0.15, 0.2) is 5.60 Å². The van der Waals surface area contributed by atoms with Gasteiger partial charge in [-0.1, -0.05) is 43.1 Å². The summed E-state index contributed by atoms with van der Waals surface area (Å²) in [5.41, 5.74) is -2.25. The Labute approximate surface area is 201 Å². The summed E-state index contributed by atoms with van der Waals surface area (Å²) >= 11 is 12.2. The van der Waals surface area contributed by atoms with Gasteiger partial charge in [-0.25, -0.2) is 4.79 Å². The van der Waals surface area contributed by atoms with Gasteiger partial charge >= 0.3 is 17.9 Å². The Hall–Kier alpha value is -2.40. The number of amides is 1. The van der Waals surface area contributed by atoms with Crippen LogP contribution < -0.4 is 5.32 Å². The first kappa shape index (κ1) is 28.6. The highest BCUT2D eigenvalue weighted by Crippen LogP contribution is 2.28. The summed E-state index contributed by atoms with van der Waals surface area (Å²) in [7, 11) is 0. The number of hydrogen-bond donors (Lipinski definition) is 5. The number of hydrogen-bond acceptors (Lipinski definition) is 6. The van der Waals surface area contributed by atoms with E-state index in [1.807, 2.05) is 4.90 Å². The fraction of sp³-hybridized carbons (Fsp3) is 0.524. The largest absolute Gasteiger partial charge is 0.481 e. The highest BCUT2D eigenvalue weighted by atomic mass is 35.5.